The largest absolute Gasteiger partial charge is 0.497 e. The van der Waals surface area contributed by atoms with Gasteiger partial charge in [-0.3, -0.25) is 0 Å². The molecule has 1 unspecified atom stereocenters. The molecule has 2 aromatic rings. The minimum Gasteiger partial charge on any atom is -0.497 e. The molecule has 0 aromatic heterocycles. The van der Waals surface area contributed by atoms with Crippen molar-refractivity contribution in [1.82, 2.24) is 5.32 Å². The van der Waals surface area contributed by atoms with E-state index >= 15 is 0 Å². The van der Waals surface area contributed by atoms with Gasteiger partial charge in [0.05, 0.1) is 26.4 Å². The molecule has 1 aliphatic heterocycles. The van der Waals surface area contributed by atoms with Gasteiger partial charge in [0.15, 0.2) is 0 Å². The summed E-state index contributed by atoms with van der Waals surface area (Å²) in [5.41, 5.74) is 3.84. The summed E-state index contributed by atoms with van der Waals surface area (Å²) in [6.45, 7) is 3.60. The van der Waals surface area contributed by atoms with Gasteiger partial charge in [-0.25, -0.2) is 0 Å². The summed E-state index contributed by atoms with van der Waals surface area (Å²) < 4.78 is 11.0. The van der Waals surface area contributed by atoms with Gasteiger partial charge in [0.25, 0.3) is 0 Å². The van der Waals surface area contributed by atoms with E-state index < -0.39 is 0 Å². The van der Waals surface area contributed by atoms with Crippen LogP contribution in [0.25, 0.3) is 0 Å². The van der Waals surface area contributed by atoms with Crippen molar-refractivity contribution in [2.75, 3.05) is 13.7 Å². The number of nitrogens with one attached hydrogen (secondary N) is 1. The number of fused-ring (bicyclic) bond motifs is 1. The molecule has 0 radical (unpaired) electrons. The summed E-state index contributed by atoms with van der Waals surface area (Å²) in [5, 5.41) is 3.66. The fraction of sp³-hybridized carbons (Fsp3) is 0.333. The predicted molar refractivity (Wildman–Crippen MR) is 83.4 cm³/mol. The molecule has 1 aliphatic rings. The van der Waals surface area contributed by atoms with Crippen molar-refractivity contribution >= 4 is 0 Å². The average molecular weight is 283 g/mol. The van der Waals surface area contributed by atoms with Crippen LogP contribution in [0, 0.1) is 0 Å². The molecule has 0 fully saturated rings. The van der Waals surface area contributed by atoms with Crippen LogP contribution in [0.1, 0.15) is 35.7 Å². The highest BCUT2D eigenvalue weighted by Gasteiger charge is 2.22. The zero-order valence-corrected chi connectivity index (χ0v) is 12.5. The van der Waals surface area contributed by atoms with Crippen LogP contribution in [-0.4, -0.2) is 13.7 Å². The molecule has 0 bridgehead atoms. The number of ether oxygens (including phenoxy) is 2. The van der Waals surface area contributed by atoms with E-state index in [1.54, 1.807) is 7.11 Å². The maximum Gasteiger partial charge on any atom is 0.119 e. The van der Waals surface area contributed by atoms with E-state index in [-0.39, 0.29) is 12.1 Å². The van der Waals surface area contributed by atoms with Gasteiger partial charge in [-0.05, 0) is 35.7 Å². The summed E-state index contributed by atoms with van der Waals surface area (Å²) in [4.78, 5) is 0. The highest BCUT2D eigenvalue weighted by Crippen LogP contribution is 2.28. The summed E-state index contributed by atoms with van der Waals surface area (Å²) in [6.07, 6.45) is 0. The Kier molecular flexibility index (Phi) is 4.23. The topological polar surface area (TPSA) is 30.5 Å². The molecule has 1 heterocycles. The Hall–Kier alpha value is -1.84. The number of methoxy groups -OCH3 is 1. The Morgan fingerprint density at radius 1 is 1.19 bits per heavy atom. The van der Waals surface area contributed by atoms with Crippen molar-refractivity contribution in [3.05, 3.63) is 65.2 Å². The van der Waals surface area contributed by atoms with E-state index in [2.05, 4.69) is 48.6 Å². The third kappa shape index (κ3) is 3.09. The third-order valence-corrected chi connectivity index (χ3v) is 4.02. The molecular weight excluding hydrogens is 262 g/mol. The Balaban J connectivity index is 1.77. The first-order chi connectivity index (χ1) is 10.3. The van der Waals surface area contributed by atoms with Crippen LogP contribution < -0.4 is 10.1 Å². The lowest BCUT2D eigenvalue weighted by Crippen LogP contribution is -2.31. The fourth-order valence-corrected chi connectivity index (χ4v) is 2.83. The number of benzene rings is 2. The Morgan fingerprint density at radius 3 is 2.90 bits per heavy atom. The van der Waals surface area contributed by atoms with Gasteiger partial charge in [0, 0.05) is 6.04 Å². The van der Waals surface area contributed by atoms with Crippen LogP contribution in [0.4, 0.5) is 0 Å². The molecule has 21 heavy (non-hydrogen) atoms. The molecule has 0 saturated carbocycles. The molecule has 2 atom stereocenters. The van der Waals surface area contributed by atoms with Crippen LogP contribution in [0.2, 0.25) is 0 Å². The van der Waals surface area contributed by atoms with Gasteiger partial charge in [-0.1, -0.05) is 36.4 Å². The van der Waals surface area contributed by atoms with E-state index in [0.29, 0.717) is 13.2 Å². The number of hydrogen-bond donors (Lipinski definition) is 1. The molecule has 0 saturated heterocycles. The first-order valence-electron chi connectivity index (χ1n) is 7.33. The van der Waals surface area contributed by atoms with Crippen LogP contribution >= 0.6 is 0 Å². The molecule has 3 rings (SSSR count). The molecule has 2 aromatic carbocycles. The van der Waals surface area contributed by atoms with Gasteiger partial charge < -0.3 is 14.8 Å². The highest BCUT2D eigenvalue weighted by molar-refractivity contribution is 5.33. The van der Waals surface area contributed by atoms with Crippen molar-refractivity contribution in [3.8, 4) is 5.75 Å². The summed E-state index contributed by atoms with van der Waals surface area (Å²) in [5.74, 6) is 0.890. The van der Waals surface area contributed by atoms with Crippen LogP contribution in [0.15, 0.2) is 48.5 Å². The molecule has 110 valence electrons. The second-order valence-electron chi connectivity index (χ2n) is 5.43. The third-order valence-electron chi connectivity index (χ3n) is 4.02. The average Bonchev–Trinajstić information content (AvgIpc) is 2.55. The normalized spacial score (nSPS) is 18.9. The summed E-state index contributed by atoms with van der Waals surface area (Å²) in [6, 6.07) is 17.1. The molecule has 0 amide bonds. The van der Waals surface area contributed by atoms with E-state index in [4.69, 9.17) is 9.47 Å². The Bertz CT molecular complexity index is 612. The minimum atomic E-state index is 0.233. The summed E-state index contributed by atoms with van der Waals surface area (Å²) >= 11 is 0. The second-order valence-corrected chi connectivity index (χ2v) is 5.43. The van der Waals surface area contributed by atoms with E-state index in [1.165, 1.54) is 16.7 Å². The van der Waals surface area contributed by atoms with Crippen molar-refractivity contribution in [1.29, 1.82) is 0 Å². The smallest absolute Gasteiger partial charge is 0.119 e. The highest BCUT2D eigenvalue weighted by atomic mass is 16.5. The van der Waals surface area contributed by atoms with Crippen LogP contribution in [0.5, 0.6) is 5.75 Å². The van der Waals surface area contributed by atoms with Gasteiger partial charge in [-0.15, -0.1) is 0 Å². The zero-order chi connectivity index (χ0) is 14.7. The van der Waals surface area contributed by atoms with Gasteiger partial charge >= 0.3 is 0 Å². The Morgan fingerprint density at radius 2 is 2.05 bits per heavy atom. The molecule has 0 aliphatic carbocycles. The predicted octanol–water partition coefficient (Wildman–Crippen LogP) is 3.62. The standard InChI is InChI=1S/C18H21NO2/c1-13(14-7-5-8-16(10-14)20-2)19-18-12-21-11-15-6-3-4-9-17(15)18/h3-10,13,18-19H,11-12H2,1-2H3/t13-,18?/m1/s1. The maximum absolute atomic E-state index is 5.70. The Labute approximate surface area is 125 Å². The quantitative estimate of drug-likeness (QED) is 0.929. The summed E-state index contributed by atoms with van der Waals surface area (Å²) in [7, 11) is 1.70. The lowest BCUT2D eigenvalue weighted by molar-refractivity contribution is 0.0791. The van der Waals surface area contributed by atoms with E-state index in [0.717, 1.165) is 5.75 Å². The minimum absolute atomic E-state index is 0.233. The lowest BCUT2D eigenvalue weighted by atomic mass is 9.97. The molecular formula is C18H21NO2. The fourth-order valence-electron chi connectivity index (χ4n) is 2.83. The van der Waals surface area contributed by atoms with Crippen LogP contribution in [0.3, 0.4) is 0 Å². The number of hydrogen-bond acceptors (Lipinski definition) is 3. The first kappa shape index (κ1) is 14.1. The van der Waals surface area contributed by atoms with Gasteiger partial charge in [0.2, 0.25) is 0 Å². The van der Waals surface area contributed by atoms with Gasteiger partial charge in [0.1, 0.15) is 5.75 Å². The first-order valence-corrected chi connectivity index (χ1v) is 7.33. The maximum atomic E-state index is 5.70. The molecule has 3 heteroatoms. The second kappa shape index (κ2) is 6.29. The molecule has 0 spiro atoms. The zero-order valence-electron chi connectivity index (χ0n) is 12.5. The van der Waals surface area contributed by atoms with Crippen molar-refractivity contribution < 1.29 is 9.47 Å². The monoisotopic (exact) mass is 283 g/mol. The van der Waals surface area contributed by atoms with Crippen molar-refractivity contribution in [2.45, 2.75) is 25.6 Å². The SMILES string of the molecule is COc1cccc([C@@H](C)NC2COCc3ccccc32)c1. The van der Waals surface area contributed by atoms with E-state index in [1.807, 2.05) is 12.1 Å². The van der Waals surface area contributed by atoms with Gasteiger partial charge in [-0.2, -0.15) is 0 Å². The lowest BCUT2D eigenvalue weighted by Gasteiger charge is -2.29. The van der Waals surface area contributed by atoms with Crippen molar-refractivity contribution in [3.63, 3.8) is 0 Å². The number of rotatable bonds is 4. The van der Waals surface area contributed by atoms with E-state index in [9.17, 15) is 0 Å². The van der Waals surface area contributed by atoms with Crippen molar-refractivity contribution in [2.24, 2.45) is 0 Å². The molecule has 1 N–H and O–H groups in total. The van der Waals surface area contributed by atoms with Crippen LogP contribution in [-0.2, 0) is 11.3 Å². The molecule has 3 nitrogen and oxygen atoms in total.